The molecule has 15 aromatic rings. The topological polar surface area (TPSA) is 15.3 Å². The Morgan fingerprint density at radius 2 is 0.649 bits per heavy atom. The lowest BCUT2D eigenvalue weighted by Crippen LogP contribution is -2.12. The van der Waals surface area contributed by atoms with Gasteiger partial charge in [0.15, 0.2) is 0 Å². The van der Waals surface area contributed by atoms with E-state index < -0.39 is 0 Å². The van der Waals surface area contributed by atoms with Gasteiger partial charge in [-0.2, -0.15) is 0 Å². The van der Waals surface area contributed by atoms with Crippen molar-refractivity contribution in [2.24, 2.45) is 0 Å². The number of aromatic nitrogens is 2. The highest BCUT2D eigenvalue weighted by atomic mass is 15.2. The van der Waals surface area contributed by atoms with Gasteiger partial charge in [-0.05, 0) is 123 Å². The number of para-hydroxylation sites is 2. The summed E-state index contributed by atoms with van der Waals surface area (Å²) in [6, 6.07) is 86.0. The van der Waals surface area contributed by atoms with Crippen molar-refractivity contribution in [2.75, 3.05) is 9.80 Å². The van der Waals surface area contributed by atoms with Gasteiger partial charge in [-0.25, -0.2) is 0 Å². The summed E-state index contributed by atoms with van der Waals surface area (Å²) in [6.45, 7) is 8.74. The fourth-order valence-electron chi connectivity index (χ4n) is 12.4. The van der Waals surface area contributed by atoms with E-state index in [1.807, 2.05) is 0 Å². The Morgan fingerprint density at radius 1 is 0.270 bits per heavy atom. The molecule has 4 heteroatoms. The third kappa shape index (κ3) is 6.15. The molecule has 0 saturated heterocycles. The van der Waals surface area contributed by atoms with Crippen LogP contribution < -0.4 is 9.80 Å². The first-order valence-corrected chi connectivity index (χ1v) is 25.8. The first kappa shape index (κ1) is 42.3. The van der Waals surface area contributed by atoms with Crippen molar-refractivity contribution in [3.8, 4) is 22.3 Å². The van der Waals surface area contributed by atoms with E-state index in [9.17, 15) is 0 Å². The van der Waals surface area contributed by atoms with E-state index >= 15 is 0 Å². The monoisotopic (exact) mass is 946 g/mol. The Bertz CT molecular complexity index is 4380. The molecular formula is C70H50N4. The van der Waals surface area contributed by atoms with Crippen LogP contribution in [0.15, 0.2) is 231 Å². The molecule has 0 aliphatic heterocycles. The minimum absolute atomic E-state index is 1.12. The molecular weight excluding hydrogens is 897 g/mol. The minimum atomic E-state index is 1.12. The number of nitrogens with zero attached hydrogens (tertiary/aromatic N) is 4. The van der Waals surface area contributed by atoms with Gasteiger partial charge in [0, 0.05) is 65.6 Å². The smallest absolute Gasteiger partial charge is 0.0641 e. The Morgan fingerprint density at radius 3 is 1.07 bits per heavy atom. The number of benzene rings is 11. The van der Waals surface area contributed by atoms with Crippen LogP contribution in [-0.4, -0.2) is 8.80 Å². The van der Waals surface area contributed by atoms with Gasteiger partial charge in [-0.3, -0.25) is 0 Å². The maximum absolute atomic E-state index is 2.56. The van der Waals surface area contributed by atoms with Crippen molar-refractivity contribution < 1.29 is 0 Å². The first-order valence-electron chi connectivity index (χ1n) is 25.8. The van der Waals surface area contributed by atoms with Crippen LogP contribution in [0.4, 0.5) is 34.1 Å². The number of fused-ring (bicyclic) bond motifs is 12. The summed E-state index contributed by atoms with van der Waals surface area (Å²) in [6.07, 6.45) is 0. The van der Waals surface area contributed by atoms with Gasteiger partial charge in [0.1, 0.15) is 0 Å². The van der Waals surface area contributed by atoms with E-state index in [1.165, 1.54) is 121 Å². The predicted molar refractivity (Wildman–Crippen MR) is 315 cm³/mol. The Hall–Kier alpha value is -9.38. The second-order valence-electron chi connectivity index (χ2n) is 20.4. The minimum Gasteiger partial charge on any atom is -0.309 e. The lowest BCUT2D eigenvalue weighted by molar-refractivity contribution is 1.28. The second-order valence-corrected chi connectivity index (χ2v) is 20.4. The van der Waals surface area contributed by atoms with Crippen LogP contribution in [0.3, 0.4) is 0 Å². The fourth-order valence-corrected chi connectivity index (χ4v) is 12.4. The zero-order valence-corrected chi connectivity index (χ0v) is 41.7. The van der Waals surface area contributed by atoms with Crippen LogP contribution >= 0.6 is 0 Å². The normalized spacial score (nSPS) is 12.1. The Balaban J connectivity index is 1.02. The predicted octanol–water partition coefficient (Wildman–Crippen LogP) is 19.5. The van der Waals surface area contributed by atoms with E-state index in [0.29, 0.717) is 0 Å². The molecule has 350 valence electrons. The summed E-state index contributed by atoms with van der Waals surface area (Å²) in [5.74, 6) is 0. The summed E-state index contributed by atoms with van der Waals surface area (Å²) >= 11 is 0. The van der Waals surface area contributed by atoms with E-state index in [2.05, 4.69) is 277 Å². The van der Waals surface area contributed by atoms with Crippen molar-refractivity contribution in [2.45, 2.75) is 27.7 Å². The Labute approximate surface area is 429 Å². The van der Waals surface area contributed by atoms with Gasteiger partial charge in [0.2, 0.25) is 0 Å². The van der Waals surface area contributed by atoms with Crippen molar-refractivity contribution in [1.82, 2.24) is 8.80 Å². The third-order valence-corrected chi connectivity index (χ3v) is 15.8. The average molecular weight is 947 g/mol. The SMILES string of the molecule is Cc1ccc(N(c2cc(C)ccc2-c2ccccc2)c2ccc3c4cc5c(cc4n4c6ccccc6c2c34)c2ccc(N(c3ccc(C)cc3)c3cc(C)ccc3-c3ccccc3)c3c4ccccc4n5c23)cc1. The molecule has 0 amide bonds. The number of hydrogen-bond donors (Lipinski definition) is 0. The quantitative estimate of drug-likeness (QED) is 0.151. The fraction of sp³-hybridized carbons (Fsp3) is 0.0571. The molecule has 0 radical (unpaired) electrons. The molecule has 74 heavy (non-hydrogen) atoms. The molecule has 4 nitrogen and oxygen atoms in total. The standard InChI is InChI=1S/C70H50N4/c1-43-23-29-49(30-24-43)71(63-39-45(3)27-33-51(63)47-15-7-5-8-16-47)61-37-35-53-57-41-66-58(42-65(57)73-59-21-13-11-19-55(59)67(61)69(53)73)54-36-38-62(68-56-20-12-14-22-60(56)74(66)70(54)68)72(50-31-25-44(2)26-32-50)64-40-46(4)28-34-52(64)48-17-9-6-10-18-48/h5-42H,1-4H3. The average Bonchev–Trinajstić information content (AvgIpc) is 4.16. The summed E-state index contributed by atoms with van der Waals surface area (Å²) in [5.41, 5.74) is 23.9. The molecule has 0 saturated carbocycles. The first-order chi connectivity index (χ1) is 36.4. The van der Waals surface area contributed by atoms with E-state index in [0.717, 1.165) is 34.1 Å². The maximum atomic E-state index is 2.56. The van der Waals surface area contributed by atoms with E-state index in [4.69, 9.17) is 0 Å². The molecule has 0 N–H and O–H groups in total. The molecule has 0 aliphatic rings. The summed E-state index contributed by atoms with van der Waals surface area (Å²) in [7, 11) is 0. The highest BCUT2D eigenvalue weighted by Crippen LogP contribution is 2.53. The number of rotatable bonds is 8. The lowest BCUT2D eigenvalue weighted by Gasteiger charge is -2.29. The van der Waals surface area contributed by atoms with Crippen LogP contribution in [0.25, 0.3) is 98.4 Å². The summed E-state index contributed by atoms with van der Waals surface area (Å²) in [5, 5.41) is 9.96. The second kappa shape index (κ2) is 16.1. The van der Waals surface area contributed by atoms with Crippen molar-refractivity contribution >= 4 is 110 Å². The van der Waals surface area contributed by atoms with Gasteiger partial charge in [-0.15, -0.1) is 0 Å². The number of aryl methyl sites for hydroxylation is 4. The van der Waals surface area contributed by atoms with Crippen LogP contribution in [0, 0.1) is 27.7 Å². The van der Waals surface area contributed by atoms with Crippen molar-refractivity contribution in [3.63, 3.8) is 0 Å². The zero-order chi connectivity index (χ0) is 49.3. The molecule has 0 bridgehead atoms. The summed E-state index contributed by atoms with van der Waals surface area (Å²) in [4.78, 5) is 5.01. The Kier molecular flexibility index (Phi) is 9.19. The largest absolute Gasteiger partial charge is 0.309 e. The van der Waals surface area contributed by atoms with Gasteiger partial charge in [-0.1, -0.05) is 169 Å². The van der Waals surface area contributed by atoms with E-state index in [-0.39, 0.29) is 0 Å². The van der Waals surface area contributed by atoms with Crippen molar-refractivity contribution in [3.05, 3.63) is 253 Å². The van der Waals surface area contributed by atoms with E-state index in [1.54, 1.807) is 0 Å². The van der Waals surface area contributed by atoms with Crippen LogP contribution in [0.5, 0.6) is 0 Å². The van der Waals surface area contributed by atoms with Crippen molar-refractivity contribution in [1.29, 1.82) is 0 Å². The highest BCUT2D eigenvalue weighted by Gasteiger charge is 2.29. The molecule has 0 spiro atoms. The highest BCUT2D eigenvalue weighted by molar-refractivity contribution is 6.32. The van der Waals surface area contributed by atoms with Crippen LogP contribution in [0.1, 0.15) is 22.3 Å². The van der Waals surface area contributed by atoms with Gasteiger partial charge >= 0.3 is 0 Å². The van der Waals surface area contributed by atoms with Gasteiger partial charge in [0.05, 0.1) is 55.8 Å². The van der Waals surface area contributed by atoms with Crippen LogP contribution in [-0.2, 0) is 0 Å². The molecule has 0 atom stereocenters. The number of hydrogen-bond acceptors (Lipinski definition) is 2. The maximum Gasteiger partial charge on any atom is 0.0641 e. The number of anilines is 6. The molecule has 4 heterocycles. The van der Waals surface area contributed by atoms with Gasteiger partial charge in [0.25, 0.3) is 0 Å². The molecule has 15 rings (SSSR count). The molecule has 0 fully saturated rings. The molecule has 0 aliphatic carbocycles. The van der Waals surface area contributed by atoms with Crippen LogP contribution in [0.2, 0.25) is 0 Å². The lowest BCUT2D eigenvalue weighted by atomic mass is 9.98. The molecule has 4 aromatic heterocycles. The van der Waals surface area contributed by atoms with Gasteiger partial charge < -0.3 is 18.6 Å². The molecule has 0 unspecified atom stereocenters. The summed E-state index contributed by atoms with van der Waals surface area (Å²) < 4.78 is 5.11. The third-order valence-electron chi connectivity index (χ3n) is 15.8. The zero-order valence-electron chi connectivity index (χ0n) is 41.7. The molecule has 11 aromatic carbocycles.